The van der Waals surface area contributed by atoms with Crippen molar-refractivity contribution in [3.8, 4) is 0 Å². The largest absolute Gasteiger partial charge is 0.464 e. The summed E-state index contributed by atoms with van der Waals surface area (Å²) in [5.74, 6) is -3.33. The number of hydrogen-bond donors (Lipinski definition) is 9. The number of carbonyl (C=O) groups excluding carboxylic acids is 9. The predicted octanol–water partition coefficient (Wildman–Crippen LogP) is 12.9. The summed E-state index contributed by atoms with van der Waals surface area (Å²) < 4.78 is 44.2. The maximum absolute atomic E-state index is 11.3. The highest BCUT2D eigenvalue weighted by Gasteiger charge is 2.35. The molecule has 3 unspecified atom stereocenters. The quantitative estimate of drug-likeness (QED) is 0.0164. The normalized spacial score (nSPS) is 14.2. The lowest BCUT2D eigenvalue weighted by Crippen LogP contribution is -2.38. The first-order chi connectivity index (χ1) is 49.1. The predicted molar refractivity (Wildman–Crippen MR) is 421 cm³/mol. The molecule has 2 aliphatic rings. The molecule has 3 atom stereocenters. The second-order valence-electron chi connectivity index (χ2n) is 34.1. The second-order valence-corrected chi connectivity index (χ2v) is 34.1. The Labute approximate surface area is 657 Å². The summed E-state index contributed by atoms with van der Waals surface area (Å²) in [6.45, 7) is 53.5. The van der Waals surface area contributed by atoms with Crippen LogP contribution in [0.5, 0.6) is 0 Å². The van der Waals surface area contributed by atoms with Crippen molar-refractivity contribution < 1.29 is 132 Å². The van der Waals surface area contributed by atoms with Crippen LogP contribution in [0, 0.1) is 17.8 Å². The van der Waals surface area contributed by atoms with E-state index in [0.717, 1.165) is 116 Å². The van der Waals surface area contributed by atoms with Crippen LogP contribution in [-0.4, -0.2) is 207 Å². The van der Waals surface area contributed by atoms with Gasteiger partial charge in [-0.25, -0.2) is 43.2 Å². The van der Waals surface area contributed by atoms with Crippen LogP contribution in [0.4, 0.5) is 0 Å². The van der Waals surface area contributed by atoms with Crippen molar-refractivity contribution in [2.24, 2.45) is 17.8 Å². The van der Waals surface area contributed by atoms with Gasteiger partial charge < -0.3 is 88.6 Å². The van der Waals surface area contributed by atoms with Crippen molar-refractivity contribution in [1.29, 1.82) is 0 Å². The van der Waals surface area contributed by atoms with Gasteiger partial charge in [0.2, 0.25) is 0 Å². The molecule has 2 fully saturated rings. The summed E-state index contributed by atoms with van der Waals surface area (Å²) in [5.41, 5.74) is -12.8. The number of rotatable bonds is 34. The molecule has 0 bridgehead atoms. The van der Waals surface area contributed by atoms with E-state index < -0.39 is 110 Å². The summed E-state index contributed by atoms with van der Waals surface area (Å²) in [5, 5.41) is 82.9. The van der Waals surface area contributed by atoms with Gasteiger partial charge in [-0.2, -0.15) is 0 Å². The van der Waals surface area contributed by atoms with Gasteiger partial charge in [-0.05, 0) is 254 Å². The van der Waals surface area contributed by atoms with Crippen LogP contribution < -0.4 is 0 Å². The van der Waals surface area contributed by atoms with Gasteiger partial charge in [0.25, 0.3) is 0 Å². The Balaban J connectivity index is -0.000000215. The maximum Gasteiger partial charge on any atom is 0.338 e. The first kappa shape index (κ1) is 117. The lowest BCUT2D eigenvalue weighted by atomic mass is 9.97. The van der Waals surface area contributed by atoms with E-state index in [1.807, 2.05) is 13.8 Å². The summed E-state index contributed by atoms with van der Waals surface area (Å²) in [6.07, 6.45) is 21.3. The van der Waals surface area contributed by atoms with E-state index in [1.54, 1.807) is 27.7 Å². The Hall–Kier alpha value is -5.13. The number of hydrogen-bond acceptors (Lipinski definition) is 27. The molecule has 650 valence electrons. The molecule has 0 heterocycles. The second kappa shape index (κ2) is 58.7. The highest BCUT2D eigenvalue weighted by Crippen LogP contribution is 2.26. The van der Waals surface area contributed by atoms with Crippen LogP contribution in [0.2, 0.25) is 0 Å². The Morgan fingerprint density at radius 2 is 0.624 bits per heavy atom. The molecule has 0 saturated heterocycles. The van der Waals surface area contributed by atoms with E-state index in [-0.39, 0.29) is 18.3 Å². The molecule has 0 amide bonds. The molecule has 109 heavy (non-hydrogen) atoms. The van der Waals surface area contributed by atoms with Gasteiger partial charge >= 0.3 is 53.7 Å². The van der Waals surface area contributed by atoms with Gasteiger partial charge in [0.05, 0.1) is 39.1 Å². The van der Waals surface area contributed by atoms with Crippen molar-refractivity contribution >= 4 is 53.7 Å². The van der Waals surface area contributed by atoms with E-state index in [2.05, 4.69) is 48.5 Å². The molecular formula is C82H160O27. The fraction of sp³-hybridized carbons (Fsp3) is 0.890. The van der Waals surface area contributed by atoms with E-state index >= 15 is 0 Å². The fourth-order valence-corrected chi connectivity index (χ4v) is 6.87. The van der Waals surface area contributed by atoms with E-state index in [4.69, 9.17) is 58.0 Å². The van der Waals surface area contributed by atoms with E-state index in [1.165, 1.54) is 144 Å². The number of esters is 9. The van der Waals surface area contributed by atoms with Crippen LogP contribution in [0.15, 0.2) is 0 Å². The van der Waals surface area contributed by atoms with E-state index in [0.29, 0.717) is 50.8 Å². The van der Waals surface area contributed by atoms with Crippen molar-refractivity contribution in [2.45, 2.75) is 424 Å². The molecule has 27 nitrogen and oxygen atoms in total. The minimum absolute atomic E-state index is 0.0349. The molecule has 0 radical (unpaired) electrons. The standard InChI is InChI=1S/C10H18O3.4C10H20O3.C9H18O3.2C8H16O3.C7H12O3/c1-10(2,12)9(11)13-8-6-4-3-5-7-8;1-8(2)6-5-7-13-9(11)10(3,4)12;1-5-8(2)6-7-13-9(11)10(3,4)12;1-5-6-8(2)7-13-9(11)10(3,4)12;1-4-5-6-7-8-13-9(11)10(2,3)12;1-4-5-6-7-12-8(10)9(2,3)11;1-7(2,3)11-6(9)8(4,5)10;1-5-6(2)11-7(9)8(3,4)10;1-7(2,9)6(8)10-5-3-4-5/h8,12H,3-7H2,1-2H3;3*8,12H,5-7H2,1-4H3;12H,4-8H2,1-3H3;11H,4-7H2,1-3H3;10H,1-5H3;6,10H,5H2,1-4H3;5,9H,3-4H2,1-2H3. The van der Waals surface area contributed by atoms with Crippen LogP contribution in [0.25, 0.3) is 0 Å². The SMILES string of the molecule is CC(C)(C)OC(=O)C(C)(C)O.CC(C)(O)C(=O)OC1CC1.CC(C)(O)C(=O)OC1CCCCC1.CC(C)CCCOC(=O)C(C)(C)O.CCC(C)CCOC(=O)C(C)(C)O.CCC(C)OC(=O)C(C)(C)O.CCCC(C)COC(=O)C(C)(C)O.CCCCCCOC(=O)C(C)(C)O.CCCCCOC(=O)C(C)(C)O. The lowest BCUT2D eigenvalue weighted by molar-refractivity contribution is -0.173. The monoisotopic (exact) mass is 1580 g/mol. The van der Waals surface area contributed by atoms with Gasteiger partial charge in [0.1, 0.15) is 17.8 Å². The van der Waals surface area contributed by atoms with E-state index in [9.17, 15) is 73.8 Å². The Morgan fingerprint density at radius 1 is 0.312 bits per heavy atom. The van der Waals surface area contributed by atoms with Crippen molar-refractivity contribution in [3.05, 3.63) is 0 Å². The third-order valence-corrected chi connectivity index (χ3v) is 14.6. The molecule has 9 N–H and O–H groups in total. The van der Waals surface area contributed by atoms with Gasteiger partial charge in [-0.15, -0.1) is 0 Å². The minimum atomic E-state index is -1.40. The third-order valence-electron chi connectivity index (χ3n) is 14.6. The first-order valence-corrected chi connectivity index (χ1v) is 39.3. The molecule has 0 aromatic rings. The summed E-state index contributed by atoms with van der Waals surface area (Å²) >= 11 is 0. The molecule has 0 aliphatic heterocycles. The van der Waals surface area contributed by atoms with Crippen LogP contribution in [-0.2, 0) is 85.8 Å². The smallest absolute Gasteiger partial charge is 0.338 e. The summed E-state index contributed by atoms with van der Waals surface area (Å²) in [7, 11) is 0. The number of ether oxygens (including phenoxy) is 9. The molecule has 27 heteroatoms. The van der Waals surface area contributed by atoms with Crippen LogP contribution in [0.1, 0.15) is 349 Å². The highest BCUT2D eigenvalue weighted by atomic mass is 16.6. The Bertz CT molecular complexity index is 2410. The van der Waals surface area contributed by atoms with Gasteiger partial charge in [-0.1, -0.05) is 114 Å². The zero-order valence-corrected chi connectivity index (χ0v) is 73.7. The first-order valence-electron chi connectivity index (χ1n) is 39.3. The number of unbranched alkanes of at least 4 members (excludes halogenated alkanes) is 5. The van der Waals surface area contributed by atoms with Gasteiger partial charge in [0, 0.05) is 0 Å². The molecule has 2 aliphatic carbocycles. The zero-order chi connectivity index (χ0) is 87.4. The average Bonchev–Trinajstić information content (AvgIpc) is 1.81. The fourth-order valence-electron chi connectivity index (χ4n) is 6.87. The zero-order valence-electron chi connectivity index (χ0n) is 73.7. The van der Waals surface area contributed by atoms with Crippen LogP contribution in [0.3, 0.4) is 0 Å². The van der Waals surface area contributed by atoms with Crippen molar-refractivity contribution in [3.63, 3.8) is 0 Å². The number of aliphatic hydroxyl groups is 9. The molecule has 0 spiro atoms. The van der Waals surface area contributed by atoms with Gasteiger partial charge in [0.15, 0.2) is 50.4 Å². The highest BCUT2D eigenvalue weighted by molar-refractivity contribution is 5.81. The molecule has 2 rings (SSSR count). The summed E-state index contributed by atoms with van der Waals surface area (Å²) in [6, 6.07) is 0. The number of carbonyl (C=O) groups is 9. The molecule has 0 aromatic carbocycles. The minimum Gasteiger partial charge on any atom is -0.464 e. The third kappa shape index (κ3) is 79.3. The molecular weight excluding hydrogens is 1420 g/mol. The molecule has 0 aromatic heterocycles. The maximum atomic E-state index is 11.3. The molecule has 2 saturated carbocycles. The Morgan fingerprint density at radius 3 is 0.908 bits per heavy atom. The van der Waals surface area contributed by atoms with Crippen LogP contribution >= 0.6 is 0 Å². The van der Waals surface area contributed by atoms with Crippen molar-refractivity contribution in [1.82, 2.24) is 0 Å². The van der Waals surface area contributed by atoms with Gasteiger partial charge in [-0.3, -0.25) is 0 Å². The van der Waals surface area contributed by atoms with Crippen molar-refractivity contribution in [2.75, 3.05) is 33.0 Å². The Kier molecular flexibility index (Phi) is 63.1. The summed E-state index contributed by atoms with van der Waals surface area (Å²) in [4.78, 5) is 99.3. The lowest BCUT2D eigenvalue weighted by Gasteiger charge is -2.25. The topological polar surface area (TPSA) is 419 Å². The average molecular weight is 1580 g/mol.